The van der Waals surface area contributed by atoms with E-state index in [1.807, 2.05) is 0 Å². The topological polar surface area (TPSA) is 68.6 Å². The lowest BCUT2D eigenvalue weighted by Crippen LogP contribution is -2.26. The van der Waals surface area contributed by atoms with Gasteiger partial charge in [0.05, 0.1) is 6.07 Å². The zero-order valence-electron chi connectivity index (χ0n) is 8.44. The second-order valence-corrected chi connectivity index (χ2v) is 3.55. The Morgan fingerprint density at radius 3 is 2.79 bits per heavy atom. The van der Waals surface area contributed by atoms with E-state index in [-0.39, 0.29) is 6.61 Å². The van der Waals surface area contributed by atoms with Crippen molar-refractivity contribution in [3.63, 3.8) is 0 Å². The minimum atomic E-state index is -0.776. The maximum Gasteiger partial charge on any atom is 0.325 e. The molecule has 1 heterocycles. The largest absolute Gasteiger partial charge is 0.432 e. The molecule has 0 radical (unpaired) electrons. The van der Waals surface area contributed by atoms with Crippen molar-refractivity contribution in [2.75, 3.05) is 6.61 Å². The maximum atomic E-state index is 11.2. The molecule has 0 aromatic rings. The van der Waals surface area contributed by atoms with Crippen molar-refractivity contribution in [1.82, 2.24) is 0 Å². The summed E-state index contributed by atoms with van der Waals surface area (Å²) >= 11 is 0. The van der Waals surface area contributed by atoms with Crippen molar-refractivity contribution < 1.29 is 19.0 Å². The number of rotatable bonds is 2. The average Bonchev–Trinajstić information content (AvgIpc) is 2.44. The quantitative estimate of drug-likeness (QED) is 0.615. The van der Waals surface area contributed by atoms with Crippen LogP contribution in [0.3, 0.4) is 0 Å². The summed E-state index contributed by atoms with van der Waals surface area (Å²) in [5.74, 6) is -2.08. The molecule has 0 aromatic heterocycles. The Labute approximate surface area is 82.5 Å². The highest BCUT2D eigenvalue weighted by molar-refractivity contribution is 5.74. The van der Waals surface area contributed by atoms with Gasteiger partial charge < -0.3 is 14.2 Å². The van der Waals surface area contributed by atoms with Gasteiger partial charge in [-0.1, -0.05) is 0 Å². The maximum absolute atomic E-state index is 11.2. The summed E-state index contributed by atoms with van der Waals surface area (Å²) in [5.41, 5.74) is 0. The fraction of sp³-hybridized carbons (Fsp3) is 0.778. The van der Waals surface area contributed by atoms with Crippen LogP contribution in [-0.2, 0) is 19.0 Å². The fourth-order valence-electron chi connectivity index (χ4n) is 0.996. The van der Waals surface area contributed by atoms with Crippen LogP contribution in [-0.4, -0.2) is 24.7 Å². The monoisotopic (exact) mass is 199 g/mol. The summed E-state index contributed by atoms with van der Waals surface area (Å²) in [6.45, 7) is 5.14. The zero-order valence-corrected chi connectivity index (χ0v) is 8.44. The first-order valence-corrected chi connectivity index (χ1v) is 4.36. The number of ether oxygens (including phenoxy) is 3. The molecule has 1 rings (SSSR count). The molecule has 5 nitrogen and oxygen atoms in total. The van der Waals surface area contributed by atoms with Crippen molar-refractivity contribution in [3.05, 3.63) is 0 Å². The van der Waals surface area contributed by atoms with Crippen LogP contribution in [0.25, 0.3) is 0 Å². The molecule has 1 saturated heterocycles. The van der Waals surface area contributed by atoms with E-state index >= 15 is 0 Å². The van der Waals surface area contributed by atoms with Crippen molar-refractivity contribution in [3.8, 4) is 6.07 Å². The highest BCUT2D eigenvalue weighted by Gasteiger charge is 2.35. The molecule has 1 fully saturated rings. The van der Waals surface area contributed by atoms with Crippen LogP contribution in [0.5, 0.6) is 0 Å². The fourth-order valence-corrected chi connectivity index (χ4v) is 0.996. The third-order valence-electron chi connectivity index (χ3n) is 1.78. The van der Waals surface area contributed by atoms with Crippen LogP contribution in [0.4, 0.5) is 0 Å². The summed E-state index contributed by atoms with van der Waals surface area (Å²) in [6.07, 6.45) is -0.701. The first-order chi connectivity index (χ1) is 6.44. The van der Waals surface area contributed by atoms with E-state index in [1.165, 1.54) is 6.92 Å². The number of nitrogens with zero attached hydrogens (tertiary/aromatic N) is 1. The lowest BCUT2D eigenvalue weighted by molar-refractivity contribution is -0.199. The molecule has 0 saturated carbocycles. The number of carbonyl (C=O) groups excluding carboxylic acids is 1. The number of carbonyl (C=O) groups is 1. The summed E-state index contributed by atoms with van der Waals surface area (Å²) in [7, 11) is 0. The van der Waals surface area contributed by atoms with Gasteiger partial charge in [-0.25, -0.2) is 0 Å². The van der Waals surface area contributed by atoms with Crippen LogP contribution >= 0.6 is 0 Å². The summed E-state index contributed by atoms with van der Waals surface area (Å²) in [6, 6.07) is 1.79. The Kier molecular flexibility index (Phi) is 3.09. The molecular weight excluding hydrogens is 186 g/mol. The van der Waals surface area contributed by atoms with E-state index in [2.05, 4.69) is 0 Å². The van der Waals surface area contributed by atoms with Gasteiger partial charge in [-0.15, -0.1) is 0 Å². The molecule has 0 aromatic carbocycles. The van der Waals surface area contributed by atoms with Gasteiger partial charge >= 0.3 is 5.97 Å². The molecule has 0 amide bonds. The standard InChI is InChI=1S/C9H13NO4/c1-6(4-10)8(11)13-7-5-12-9(2,3)14-7/h6-7H,5H2,1-3H3. The highest BCUT2D eigenvalue weighted by atomic mass is 16.8. The number of hydrogen-bond donors (Lipinski definition) is 0. The van der Waals surface area contributed by atoms with E-state index in [0.29, 0.717) is 0 Å². The molecule has 1 aliphatic rings. The van der Waals surface area contributed by atoms with Crippen LogP contribution in [0.15, 0.2) is 0 Å². The number of esters is 1. The SMILES string of the molecule is CC(C#N)C(=O)OC1COC(C)(C)O1. The smallest absolute Gasteiger partial charge is 0.325 e. The predicted molar refractivity (Wildman–Crippen MR) is 45.8 cm³/mol. The molecule has 5 heteroatoms. The molecule has 0 spiro atoms. The summed E-state index contributed by atoms with van der Waals surface area (Å²) in [5, 5.41) is 8.46. The summed E-state index contributed by atoms with van der Waals surface area (Å²) < 4.78 is 15.3. The number of hydrogen-bond acceptors (Lipinski definition) is 5. The normalized spacial score (nSPS) is 26.6. The van der Waals surface area contributed by atoms with Gasteiger partial charge in [0, 0.05) is 0 Å². The Hall–Kier alpha value is -1.12. The molecular formula is C9H13NO4. The second-order valence-electron chi connectivity index (χ2n) is 3.55. The van der Waals surface area contributed by atoms with Crippen molar-refractivity contribution >= 4 is 5.97 Å². The van der Waals surface area contributed by atoms with Crippen LogP contribution in [0, 0.1) is 17.2 Å². The van der Waals surface area contributed by atoms with E-state index < -0.39 is 24.0 Å². The van der Waals surface area contributed by atoms with Crippen LogP contribution in [0.1, 0.15) is 20.8 Å². The Balaban J connectivity index is 2.41. The lowest BCUT2D eigenvalue weighted by Gasteiger charge is -2.16. The molecule has 78 valence electrons. The van der Waals surface area contributed by atoms with Gasteiger partial charge in [-0.3, -0.25) is 4.79 Å². The predicted octanol–water partition coefficient (Wildman–Crippen LogP) is 0.798. The van der Waals surface area contributed by atoms with E-state index in [1.54, 1.807) is 19.9 Å². The molecule has 2 atom stereocenters. The molecule has 0 bridgehead atoms. The van der Waals surface area contributed by atoms with Gasteiger partial charge in [-0.2, -0.15) is 5.26 Å². The minimum Gasteiger partial charge on any atom is -0.432 e. The molecule has 2 unspecified atom stereocenters. The Morgan fingerprint density at radius 1 is 1.71 bits per heavy atom. The van der Waals surface area contributed by atoms with Crippen molar-refractivity contribution in [2.45, 2.75) is 32.8 Å². The summed E-state index contributed by atoms with van der Waals surface area (Å²) in [4.78, 5) is 11.2. The second kappa shape index (κ2) is 3.95. The molecule has 0 aliphatic carbocycles. The van der Waals surface area contributed by atoms with Crippen LogP contribution < -0.4 is 0 Å². The Bertz CT molecular complexity index is 268. The minimum absolute atomic E-state index is 0.205. The van der Waals surface area contributed by atoms with E-state index in [0.717, 1.165) is 0 Å². The molecule has 14 heavy (non-hydrogen) atoms. The first kappa shape index (κ1) is 11.0. The zero-order chi connectivity index (χ0) is 10.8. The molecule has 0 N–H and O–H groups in total. The van der Waals surface area contributed by atoms with Crippen LogP contribution in [0.2, 0.25) is 0 Å². The third kappa shape index (κ3) is 2.69. The first-order valence-electron chi connectivity index (χ1n) is 4.36. The number of nitriles is 1. The van der Waals surface area contributed by atoms with Gasteiger partial charge in [0.15, 0.2) is 5.79 Å². The van der Waals surface area contributed by atoms with Gasteiger partial charge in [-0.05, 0) is 20.8 Å². The van der Waals surface area contributed by atoms with E-state index in [4.69, 9.17) is 19.5 Å². The third-order valence-corrected chi connectivity index (χ3v) is 1.78. The average molecular weight is 199 g/mol. The lowest BCUT2D eigenvalue weighted by atomic mass is 10.2. The highest BCUT2D eigenvalue weighted by Crippen LogP contribution is 2.23. The molecule has 1 aliphatic heterocycles. The van der Waals surface area contributed by atoms with Gasteiger partial charge in [0.2, 0.25) is 6.29 Å². The van der Waals surface area contributed by atoms with E-state index in [9.17, 15) is 4.79 Å². The Morgan fingerprint density at radius 2 is 2.36 bits per heavy atom. The van der Waals surface area contributed by atoms with Gasteiger partial charge in [0.25, 0.3) is 0 Å². The van der Waals surface area contributed by atoms with Crippen molar-refractivity contribution in [1.29, 1.82) is 5.26 Å². The van der Waals surface area contributed by atoms with Gasteiger partial charge in [0.1, 0.15) is 12.5 Å². The van der Waals surface area contributed by atoms with Crippen molar-refractivity contribution in [2.24, 2.45) is 5.92 Å².